The van der Waals surface area contributed by atoms with E-state index >= 15 is 0 Å². The summed E-state index contributed by atoms with van der Waals surface area (Å²) in [7, 11) is 1.73. The molecule has 0 saturated heterocycles. The van der Waals surface area contributed by atoms with E-state index in [-0.39, 0.29) is 16.7 Å². The maximum atomic E-state index is 12.5. The molecule has 4 aromatic carbocycles. The summed E-state index contributed by atoms with van der Waals surface area (Å²) in [5, 5.41) is 20.6. The molecule has 7 heteroatoms. The van der Waals surface area contributed by atoms with Crippen LogP contribution < -0.4 is 15.4 Å². The van der Waals surface area contributed by atoms with Crippen LogP contribution in [0.3, 0.4) is 0 Å². The van der Waals surface area contributed by atoms with Crippen LogP contribution in [0, 0.1) is 0 Å². The Labute approximate surface area is 335 Å². The highest BCUT2D eigenvalue weighted by molar-refractivity contribution is 6.45. The summed E-state index contributed by atoms with van der Waals surface area (Å²) < 4.78 is 2.34. The van der Waals surface area contributed by atoms with Gasteiger partial charge in [-0.05, 0) is 98.2 Å². The van der Waals surface area contributed by atoms with E-state index in [1.165, 1.54) is 55.5 Å². The van der Waals surface area contributed by atoms with Gasteiger partial charge in [-0.15, -0.1) is 0 Å². The van der Waals surface area contributed by atoms with Crippen LogP contribution in [-0.2, 0) is 15.6 Å². The number of benzene rings is 4. The second kappa shape index (κ2) is 18.5. The smallest absolute Gasteiger partial charge is 0.373 e. The van der Waals surface area contributed by atoms with Crippen molar-refractivity contribution in [2.75, 3.05) is 31.6 Å². The SMILES string of the molecule is CB(O)NCCCCCCNC(=O)CCCCCN1/C(=C/C=C/C=C/C=C/C2=[N+](C)c3ccc4ccccc4c3C2(C)C)C(C)(C)c2c1ccc1ccccc21. The molecule has 4 aromatic rings. The van der Waals surface area contributed by atoms with Gasteiger partial charge in [0.15, 0.2) is 5.71 Å². The molecule has 0 bridgehead atoms. The maximum absolute atomic E-state index is 12.5. The molecule has 6 rings (SSSR count). The first-order valence-corrected chi connectivity index (χ1v) is 20.9. The Balaban J connectivity index is 1.06. The normalized spacial score (nSPS) is 16.7. The number of nitrogens with zero attached hydrogens (tertiary/aromatic N) is 2. The van der Waals surface area contributed by atoms with Crippen molar-refractivity contribution in [2.24, 2.45) is 0 Å². The molecule has 292 valence electrons. The van der Waals surface area contributed by atoms with Crippen molar-refractivity contribution >= 4 is 51.6 Å². The lowest BCUT2D eigenvalue weighted by molar-refractivity contribution is -0.401. The first kappa shape index (κ1) is 40.9. The van der Waals surface area contributed by atoms with Crippen LogP contribution in [0.5, 0.6) is 0 Å². The highest BCUT2D eigenvalue weighted by Gasteiger charge is 2.44. The number of unbranched alkanes of at least 4 members (excludes halogenated alkanes) is 5. The molecule has 0 unspecified atom stereocenters. The zero-order valence-electron chi connectivity index (χ0n) is 34.6. The van der Waals surface area contributed by atoms with Crippen LogP contribution in [0.1, 0.15) is 90.2 Å². The van der Waals surface area contributed by atoms with E-state index in [1.54, 1.807) is 6.82 Å². The van der Waals surface area contributed by atoms with Gasteiger partial charge in [-0.1, -0.05) is 118 Å². The van der Waals surface area contributed by atoms with Gasteiger partial charge in [-0.2, -0.15) is 4.58 Å². The summed E-state index contributed by atoms with van der Waals surface area (Å²) in [6.07, 6.45) is 23.0. The van der Waals surface area contributed by atoms with Crippen LogP contribution >= 0.6 is 0 Å². The molecule has 0 aromatic heterocycles. The van der Waals surface area contributed by atoms with Crippen molar-refractivity contribution in [3.63, 3.8) is 0 Å². The lowest BCUT2D eigenvalue weighted by Crippen LogP contribution is -2.31. The number of hydrogen-bond donors (Lipinski definition) is 3. The Hall–Kier alpha value is -4.72. The Morgan fingerprint density at radius 2 is 1.36 bits per heavy atom. The number of amides is 1. The Bertz CT molecular complexity index is 2170. The molecule has 0 aliphatic carbocycles. The monoisotopic (exact) mass is 749 g/mol. The standard InChI is InChI=1S/C49H61BN4O2/c1-48(2)43(53(6)41-32-30-37-23-16-18-25-39(37)46(41)48)27-13-8-7-9-14-28-44-49(3,4)47-40-26-19-17-24-38(40)31-33-42(47)54(44)36-22-12-15-29-45(55)51-34-20-10-11-21-35-52-50(5)56/h7-9,13-14,16-19,23-28,30-33,52,56H,10-12,15,20-22,29,34-36H2,1-6H3/p+1. The first-order chi connectivity index (χ1) is 27.0. The number of carbonyl (C=O) groups is 1. The van der Waals surface area contributed by atoms with Gasteiger partial charge >= 0.3 is 7.05 Å². The van der Waals surface area contributed by atoms with E-state index in [4.69, 9.17) is 0 Å². The predicted molar refractivity (Wildman–Crippen MR) is 239 cm³/mol. The van der Waals surface area contributed by atoms with Crippen molar-refractivity contribution in [1.29, 1.82) is 0 Å². The summed E-state index contributed by atoms with van der Waals surface area (Å²) in [6.45, 7) is 13.6. The second-order valence-corrected chi connectivity index (χ2v) is 16.6. The zero-order chi connectivity index (χ0) is 39.7. The largest absolute Gasteiger partial charge is 0.437 e. The maximum Gasteiger partial charge on any atom is 0.373 e. The van der Waals surface area contributed by atoms with Crippen LogP contribution in [0.15, 0.2) is 121 Å². The summed E-state index contributed by atoms with van der Waals surface area (Å²) >= 11 is 0. The third kappa shape index (κ3) is 9.11. The Morgan fingerprint density at radius 1 is 0.732 bits per heavy atom. The van der Waals surface area contributed by atoms with Crippen molar-refractivity contribution in [1.82, 2.24) is 10.5 Å². The molecule has 0 atom stereocenters. The molecule has 2 aliphatic heterocycles. The quantitative estimate of drug-likeness (QED) is 0.0410. The molecule has 2 aliphatic rings. The van der Waals surface area contributed by atoms with E-state index in [9.17, 15) is 9.82 Å². The molecule has 56 heavy (non-hydrogen) atoms. The molecule has 2 heterocycles. The van der Waals surface area contributed by atoms with Gasteiger partial charge in [0.25, 0.3) is 0 Å². The fourth-order valence-corrected chi connectivity index (χ4v) is 8.92. The third-order valence-electron chi connectivity index (χ3n) is 11.8. The van der Waals surface area contributed by atoms with Gasteiger partial charge < -0.3 is 20.5 Å². The van der Waals surface area contributed by atoms with Crippen molar-refractivity contribution in [3.05, 3.63) is 132 Å². The Morgan fingerprint density at radius 3 is 2.09 bits per heavy atom. The van der Waals surface area contributed by atoms with Gasteiger partial charge in [0.2, 0.25) is 11.6 Å². The highest BCUT2D eigenvalue weighted by Crippen LogP contribution is 2.51. The van der Waals surface area contributed by atoms with Crippen LogP contribution in [0.4, 0.5) is 11.4 Å². The van der Waals surface area contributed by atoms with Crippen LogP contribution in [0.2, 0.25) is 6.82 Å². The van der Waals surface area contributed by atoms with Crippen molar-refractivity contribution < 1.29 is 14.4 Å². The number of hydrogen-bond acceptors (Lipinski definition) is 4. The van der Waals surface area contributed by atoms with Gasteiger partial charge in [0.1, 0.15) is 7.05 Å². The minimum atomic E-state index is -0.450. The molecular formula is C49H62BN4O2+. The van der Waals surface area contributed by atoms with Crippen molar-refractivity contribution in [2.45, 2.75) is 96.7 Å². The van der Waals surface area contributed by atoms with Gasteiger partial charge in [0.05, 0.1) is 5.41 Å². The number of rotatable bonds is 18. The minimum Gasteiger partial charge on any atom is -0.437 e. The number of allylic oxidation sites excluding steroid dienone is 8. The van der Waals surface area contributed by atoms with Crippen molar-refractivity contribution in [3.8, 4) is 0 Å². The summed E-state index contributed by atoms with van der Waals surface area (Å²) in [6, 6.07) is 26.5. The third-order valence-corrected chi connectivity index (χ3v) is 11.8. The fraction of sp³-hybridized carbons (Fsp3) is 0.388. The highest BCUT2D eigenvalue weighted by atomic mass is 16.2. The average molecular weight is 750 g/mol. The van der Waals surface area contributed by atoms with E-state index < -0.39 is 7.05 Å². The summed E-state index contributed by atoms with van der Waals surface area (Å²) in [5.41, 5.74) is 7.69. The predicted octanol–water partition coefficient (Wildman–Crippen LogP) is 10.3. The lowest BCUT2D eigenvalue weighted by Gasteiger charge is -2.27. The molecule has 1 amide bonds. The van der Waals surface area contributed by atoms with Gasteiger partial charge in [-0.25, -0.2) is 0 Å². The van der Waals surface area contributed by atoms with E-state index in [2.05, 4.69) is 170 Å². The summed E-state index contributed by atoms with van der Waals surface area (Å²) in [4.78, 5) is 15.0. The second-order valence-electron chi connectivity index (χ2n) is 16.6. The number of fused-ring (bicyclic) bond motifs is 6. The number of nitrogens with one attached hydrogen (secondary N) is 2. The van der Waals surface area contributed by atoms with Crippen LogP contribution in [-0.4, -0.2) is 55.0 Å². The minimum absolute atomic E-state index is 0.0995. The molecule has 0 saturated carbocycles. The van der Waals surface area contributed by atoms with Gasteiger partial charge in [0, 0.05) is 54.0 Å². The molecular weight excluding hydrogens is 687 g/mol. The molecule has 0 fully saturated rings. The molecule has 3 N–H and O–H groups in total. The van der Waals surface area contributed by atoms with E-state index in [0.29, 0.717) is 6.42 Å². The summed E-state index contributed by atoms with van der Waals surface area (Å²) in [5.74, 6) is 0.157. The van der Waals surface area contributed by atoms with E-state index in [1.807, 2.05) is 0 Å². The zero-order valence-corrected chi connectivity index (χ0v) is 34.6. The van der Waals surface area contributed by atoms with Gasteiger partial charge in [-0.3, -0.25) is 4.79 Å². The first-order valence-electron chi connectivity index (χ1n) is 20.9. The molecule has 0 radical (unpaired) electrons. The number of anilines is 1. The molecule has 0 spiro atoms. The van der Waals surface area contributed by atoms with E-state index in [0.717, 1.165) is 64.6 Å². The lowest BCUT2D eigenvalue weighted by atomic mass is 9.79. The topological polar surface area (TPSA) is 67.6 Å². The average Bonchev–Trinajstić information content (AvgIpc) is 3.52. The fourth-order valence-electron chi connectivity index (χ4n) is 8.92. The number of carbonyl (C=O) groups excluding carboxylic acids is 1. The Kier molecular flexibility index (Phi) is 13.5. The molecule has 6 nitrogen and oxygen atoms in total. The van der Waals surface area contributed by atoms with Crippen LogP contribution in [0.25, 0.3) is 21.5 Å².